The summed E-state index contributed by atoms with van der Waals surface area (Å²) in [5, 5.41) is 10.7. The largest absolute Gasteiger partial charge is 0.393 e. The first-order valence-corrected chi connectivity index (χ1v) is 8.60. The van der Waals surface area contributed by atoms with E-state index in [2.05, 4.69) is 12.0 Å². The normalized spacial score (nSPS) is 23.7. The van der Waals surface area contributed by atoms with Crippen LogP contribution in [-0.4, -0.2) is 17.3 Å². The van der Waals surface area contributed by atoms with Gasteiger partial charge >= 0.3 is 0 Å². The number of rotatable bonds is 3. The molecule has 0 amide bonds. The molecule has 2 nitrogen and oxygen atoms in total. The molecule has 3 atom stereocenters. The molecule has 0 saturated carbocycles. The van der Waals surface area contributed by atoms with Crippen LogP contribution in [0.5, 0.6) is 0 Å². The molecular weight excluding hydrogens is 320 g/mol. The predicted molar refractivity (Wildman–Crippen MR) is 97.2 cm³/mol. The van der Waals surface area contributed by atoms with E-state index in [0.29, 0.717) is 12.8 Å². The Balaban J connectivity index is 1.82. The van der Waals surface area contributed by atoms with Crippen LogP contribution in [0.3, 0.4) is 0 Å². The third kappa shape index (κ3) is 3.99. The smallest absolute Gasteiger partial charge is 0.0853 e. The Morgan fingerprint density at radius 2 is 1.96 bits per heavy atom. The van der Waals surface area contributed by atoms with Crippen molar-refractivity contribution in [1.29, 1.82) is 0 Å². The monoisotopic (exact) mass is 340 g/mol. The molecule has 0 aliphatic carbocycles. The molecule has 0 radical (unpaired) electrons. The van der Waals surface area contributed by atoms with Crippen LogP contribution in [0.1, 0.15) is 48.1 Å². The molecule has 2 aromatic rings. The van der Waals surface area contributed by atoms with Crippen molar-refractivity contribution < 1.29 is 9.84 Å². The maximum absolute atomic E-state index is 10.00. The first-order chi connectivity index (χ1) is 11.5. The summed E-state index contributed by atoms with van der Waals surface area (Å²) in [5.41, 5.74) is 4.15. The number of ether oxygens (including phenoxy) is 1. The lowest BCUT2D eigenvalue weighted by Gasteiger charge is -2.31. The standard InChI is InChI=1S/C21H21ClO2/c1-3-15-4-6-16(7-5-15)11-18-12-17(8-9-20(18)22)21-13-19(23)10-14(2)24-21/h1,4-9,12,14,19,21,23H,10-11,13H2,2H3/t14-,19+,21-/m1/s1. The second-order valence-corrected chi connectivity index (χ2v) is 6.84. The Kier molecular flexibility index (Phi) is 5.26. The van der Waals surface area contributed by atoms with Gasteiger partial charge in [-0.25, -0.2) is 0 Å². The quantitative estimate of drug-likeness (QED) is 0.833. The van der Waals surface area contributed by atoms with E-state index < -0.39 is 0 Å². The highest BCUT2D eigenvalue weighted by Crippen LogP contribution is 2.33. The van der Waals surface area contributed by atoms with Gasteiger partial charge in [0.2, 0.25) is 0 Å². The summed E-state index contributed by atoms with van der Waals surface area (Å²) < 4.78 is 5.99. The zero-order valence-electron chi connectivity index (χ0n) is 13.7. The topological polar surface area (TPSA) is 29.5 Å². The van der Waals surface area contributed by atoms with Crippen LogP contribution in [0.15, 0.2) is 42.5 Å². The second-order valence-electron chi connectivity index (χ2n) is 6.43. The van der Waals surface area contributed by atoms with Crippen LogP contribution in [0.2, 0.25) is 5.02 Å². The van der Waals surface area contributed by atoms with Gasteiger partial charge in [-0.05, 0) is 54.7 Å². The first kappa shape index (κ1) is 17.0. The highest BCUT2D eigenvalue weighted by Gasteiger charge is 2.27. The van der Waals surface area contributed by atoms with Gasteiger partial charge in [0.05, 0.1) is 18.3 Å². The molecule has 1 N–H and O–H groups in total. The molecule has 2 aromatic carbocycles. The highest BCUT2D eigenvalue weighted by atomic mass is 35.5. The number of hydrogen-bond acceptors (Lipinski definition) is 2. The molecular formula is C21H21ClO2. The van der Waals surface area contributed by atoms with E-state index in [4.69, 9.17) is 22.8 Å². The summed E-state index contributed by atoms with van der Waals surface area (Å²) in [7, 11) is 0. The van der Waals surface area contributed by atoms with Crippen LogP contribution in [0.4, 0.5) is 0 Å². The van der Waals surface area contributed by atoms with Crippen molar-refractivity contribution in [3.63, 3.8) is 0 Å². The van der Waals surface area contributed by atoms with E-state index in [0.717, 1.165) is 33.7 Å². The van der Waals surface area contributed by atoms with Gasteiger partial charge in [0.25, 0.3) is 0 Å². The maximum Gasteiger partial charge on any atom is 0.0853 e. The van der Waals surface area contributed by atoms with Crippen LogP contribution in [-0.2, 0) is 11.2 Å². The molecule has 0 unspecified atom stereocenters. The molecule has 3 heteroatoms. The third-order valence-corrected chi connectivity index (χ3v) is 4.81. The summed E-state index contributed by atoms with van der Waals surface area (Å²) in [6.45, 7) is 2.00. The lowest BCUT2D eigenvalue weighted by atomic mass is 9.94. The van der Waals surface area contributed by atoms with E-state index >= 15 is 0 Å². The zero-order valence-corrected chi connectivity index (χ0v) is 14.5. The van der Waals surface area contributed by atoms with Crippen molar-refractivity contribution >= 4 is 11.6 Å². The minimum absolute atomic E-state index is 0.0641. The Labute approximate surface area is 148 Å². The molecule has 0 aromatic heterocycles. The summed E-state index contributed by atoms with van der Waals surface area (Å²) in [6, 6.07) is 13.9. The summed E-state index contributed by atoms with van der Waals surface area (Å²) in [6.07, 6.45) is 7.13. The van der Waals surface area contributed by atoms with E-state index in [1.165, 1.54) is 0 Å². The number of terminal acetylenes is 1. The molecule has 0 spiro atoms. The molecule has 3 rings (SSSR count). The molecule has 1 aliphatic heterocycles. The molecule has 1 fully saturated rings. The van der Waals surface area contributed by atoms with Gasteiger partial charge in [-0.3, -0.25) is 0 Å². The fourth-order valence-corrected chi connectivity index (χ4v) is 3.39. The van der Waals surface area contributed by atoms with Crippen molar-refractivity contribution in [3.8, 4) is 12.3 Å². The summed E-state index contributed by atoms with van der Waals surface area (Å²) in [5.74, 6) is 2.62. The minimum atomic E-state index is -0.311. The van der Waals surface area contributed by atoms with Crippen LogP contribution in [0, 0.1) is 12.3 Å². The Bertz CT molecular complexity index is 735. The predicted octanol–water partition coefficient (Wildman–Crippen LogP) is 4.51. The van der Waals surface area contributed by atoms with Crippen LogP contribution in [0.25, 0.3) is 0 Å². The Hall–Kier alpha value is -1.79. The van der Waals surface area contributed by atoms with Gasteiger partial charge in [0, 0.05) is 17.0 Å². The van der Waals surface area contributed by atoms with E-state index in [1.54, 1.807) is 0 Å². The summed E-state index contributed by atoms with van der Waals surface area (Å²) >= 11 is 6.38. The van der Waals surface area contributed by atoms with Crippen molar-refractivity contribution in [3.05, 3.63) is 69.7 Å². The molecule has 1 saturated heterocycles. The maximum atomic E-state index is 10.00. The van der Waals surface area contributed by atoms with Gasteiger partial charge < -0.3 is 9.84 Å². The average Bonchev–Trinajstić information content (AvgIpc) is 2.56. The van der Waals surface area contributed by atoms with Crippen molar-refractivity contribution in [2.45, 2.75) is 44.5 Å². The molecule has 124 valence electrons. The van der Waals surface area contributed by atoms with E-state index in [1.807, 2.05) is 43.3 Å². The zero-order chi connectivity index (χ0) is 17.1. The lowest BCUT2D eigenvalue weighted by molar-refractivity contribution is -0.0895. The van der Waals surface area contributed by atoms with E-state index in [-0.39, 0.29) is 18.3 Å². The summed E-state index contributed by atoms with van der Waals surface area (Å²) in [4.78, 5) is 0. The van der Waals surface area contributed by atoms with Crippen molar-refractivity contribution in [1.82, 2.24) is 0 Å². The van der Waals surface area contributed by atoms with Gasteiger partial charge in [0.15, 0.2) is 0 Å². The molecule has 0 bridgehead atoms. The van der Waals surface area contributed by atoms with Gasteiger partial charge in [-0.2, -0.15) is 0 Å². The van der Waals surface area contributed by atoms with Crippen molar-refractivity contribution in [2.24, 2.45) is 0 Å². The van der Waals surface area contributed by atoms with Gasteiger partial charge in [-0.1, -0.05) is 41.8 Å². The number of benzene rings is 2. The number of halogens is 1. The molecule has 1 heterocycles. The second kappa shape index (κ2) is 7.40. The third-order valence-electron chi connectivity index (χ3n) is 4.44. The van der Waals surface area contributed by atoms with Crippen molar-refractivity contribution in [2.75, 3.05) is 0 Å². The van der Waals surface area contributed by atoms with Crippen LogP contribution < -0.4 is 0 Å². The minimum Gasteiger partial charge on any atom is -0.393 e. The number of aliphatic hydroxyl groups is 1. The van der Waals surface area contributed by atoms with Crippen LogP contribution >= 0.6 is 11.6 Å². The number of hydrogen-bond donors (Lipinski definition) is 1. The molecule has 24 heavy (non-hydrogen) atoms. The average molecular weight is 341 g/mol. The number of aliphatic hydroxyl groups excluding tert-OH is 1. The molecule has 1 aliphatic rings. The first-order valence-electron chi connectivity index (χ1n) is 8.22. The van der Waals surface area contributed by atoms with E-state index in [9.17, 15) is 5.11 Å². The Morgan fingerprint density at radius 3 is 2.62 bits per heavy atom. The van der Waals surface area contributed by atoms with Gasteiger partial charge in [0.1, 0.15) is 0 Å². The SMILES string of the molecule is C#Cc1ccc(Cc2cc([C@H]3C[C@@H](O)C[C@@H](C)O3)ccc2Cl)cc1. The fourth-order valence-electron chi connectivity index (χ4n) is 3.20. The van der Waals surface area contributed by atoms with Gasteiger partial charge in [-0.15, -0.1) is 6.42 Å². The Morgan fingerprint density at radius 1 is 1.21 bits per heavy atom. The highest BCUT2D eigenvalue weighted by molar-refractivity contribution is 6.31. The fraction of sp³-hybridized carbons (Fsp3) is 0.333. The lowest BCUT2D eigenvalue weighted by Crippen LogP contribution is -2.29.